The van der Waals surface area contributed by atoms with Crippen molar-refractivity contribution in [3.05, 3.63) is 63.6 Å². The molecule has 20 heavy (non-hydrogen) atoms. The van der Waals surface area contributed by atoms with E-state index in [1.54, 1.807) is 30.1 Å². The number of aryl methyl sites for hydroxylation is 1. The Morgan fingerprint density at radius 3 is 2.65 bits per heavy atom. The van der Waals surface area contributed by atoms with Crippen molar-refractivity contribution in [3.8, 4) is 0 Å². The summed E-state index contributed by atoms with van der Waals surface area (Å²) in [4.78, 5) is 14.0. The van der Waals surface area contributed by atoms with Gasteiger partial charge in [0.15, 0.2) is 0 Å². The van der Waals surface area contributed by atoms with Crippen molar-refractivity contribution in [1.29, 1.82) is 0 Å². The van der Waals surface area contributed by atoms with Crippen LogP contribution in [-0.4, -0.2) is 17.9 Å². The standard InChI is InChI=1S/C16H17BrN2O/c1-11-4-3-5-12(8-11)10-19(2)16(20)13-6-7-14(17)15(18)9-13/h3-9H,10,18H2,1-2H3. The predicted molar refractivity (Wildman–Crippen MR) is 85.5 cm³/mol. The minimum Gasteiger partial charge on any atom is -0.398 e. The Labute approximate surface area is 127 Å². The van der Waals surface area contributed by atoms with E-state index in [1.807, 2.05) is 25.1 Å². The summed E-state index contributed by atoms with van der Waals surface area (Å²) in [7, 11) is 1.79. The van der Waals surface area contributed by atoms with E-state index >= 15 is 0 Å². The van der Waals surface area contributed by atoms with Crippen LogP contribution >= 0.6 is 15.9 Å². The van der Waals surface area contributed by atoms with Crippen LogP contribution in [0.15, 0.2) is 46.9 Å². The third kappa shape index (κ3) is 3.39. The first kappa shape index (κ1) is 14.6. The second-order valence-corrected chi connectivity index (χ2v) is 5.74. The van der Waals surface area contributed by atoms with Gasteiger partial charge in [0, 0.05) is 29.3 Å². The number of rotatable bonds is 3. The number of carbonyl (C=O) groups is 1. The lowest BCUT2D eigenvalue weighted by Gasteiger charge is -2.18. The fourth-order valence-corrected chi connectivity index (χ4v) is 2.30. The van der Waals surface area contributed by atoms with Gasteiger partial charge in [0.1, 0.15) is 0 Å². The molecule has 0 heterocycles. The smallest absolute Gasteiger partial charge is 0.253 e. The molecule has 0 fully saturated rings. The normalized spacial score (nSPS) is 10.3. The zero-order valence-electron chi connectivity index (χ0n) is 11.6. The molecule has 0 atom stereocenters. The van der Waals surface area contributed by atoms with Crippen LogP contribution in [0.1, 0.15) is 21.5 Å². The number of halogens is 1. The van der Waals surface area contributed by atoms with E-state index in [-0.39, 0.29) is 5.91 Å². The lowest BCUT2D eigenvalue weighted by molar-refractivity contribution is 0.0785. The summed E-state index contributed by atoms with van der Waals surface area (Å²) in [5, 5.41) is 0. The Hall–Kier alpha value is -1.81. The molecule has 0 saturated heterocycles. The first-order valence-corrected chi connectivity index (χ1v) is 7.12. The highest BCUT2D eigenvalue weighted by atomic mass is 79.9. The highest BCUT2D eigenvalue weighted by Crippen LogP contribution is 2.21. The van der Waals surface area contributed by atoms with Crippen molar-refractivity contribution >= 4 is 27.5 Å². The van der Waals surface area contributed by atoms with Crippen molar-refractivity contribution in [1.82, 2.24) is 4.90 Å². The molecule has 0 aliphatic rings. The van der Waals surface area contributed by atoms with Crippen LogP contribution in [0.3, 0.4) is 0 Å². The van der Waals surface area contributed by atoms with E-state index in [0.717, 1.165) is 10.0 Å². The number of hydrogen-bond acceptors (Lipinski definition) is 2. The highest BCUT2D eigenvalue weighted by molar-refractivity contribution is 9.10. The summed E-state index contributed by atoms with van der Waals surface area (Å²) in [5.41, 5.74) is 9.29. The Balaban J connectivity index is 2.14. The van der Waals surface area contributed by atoms with Crippen LogP contribution in [0.4, 0.5) is 5.69 Å². The average Bonchev–Trinajstić information content (AvgIpc) is 2.41. The fraction of sp³-hybridized carbons (Fsp3) is 0.188. The van der Waals surface area contributed by atoms with E-state index in [2.05, 4.69) is 22.0 Å². The number of carbonyl (C=O) groups excluding carboxylic acids is 1. The zero-order valence-corrected chi connectivity index (χ0v) is 13.1. The van der Waals surface area contributed by atoms with Gasteiger partial charge in [0.25, 0.3) is 5.91 Å². The van der Waals surface area contributed by atoms with E-state index in [1.165, 1.54) is 5.56 Å². The molecule has 0 spiro atoms. The molecule has 2 aromatic rings. The van der Waals surface area contributed by atoms with Gasteiger partial charge in [-0.25, -0.2) is 0 Å². The van der Waals surface area contributed by atoms with Gasteiger partial charge in [0.05, 0.1) is 0 Å². The summed E-state index contributed by atoms with van der Waals surface area (Å²) in [6.07, 6.45) is 0. The molecule has 1 amide bonds. The van der Waals surface area contributed by atoms with Gasteiger partial charge in [0.2, 0.25) is 0 Å². The van der Waals surface area contributed by atoms with Gasteiger partial charge in [-0.15, -0.1) is 0 Å². The van der Waals surface area contributed by atoms with Gasteiger partial charge in [-0.05, 0) is 46.6 Å². The maximum absolute atomic E-state index is 12.4. The van der Waals surface area contributed by atoms with Crippen molar-refractivity contribution in [2.45, 2.75) is 13.5 Å². The van der Waals surface area contributed by atoms with Crippen LogP contribution in [0, 0.1) is 6.92 Å². The average molecular weight is 333 g/mol. The van der Waals surface area contributed by atoms with E-state index in [9.17, 15) is 4.79 Å². The van der Waals surface area contributed by atoms with Crippen LogP contribution in [0.5, 0.6) is 0 Å². The molecule has 0 unspecified atom stereocenters. The number of hydrogen-bond donors (Lipinski definition) is 1. The van der Waals surface area contributed by atoms with Gasteiger partial charge in [-0.2, -0.15) is 0 Å². The second kappa shape index (κ2) is 6.09. The largest absolute Gasteiger partial charge is 0.398 e. The minimum atomic E-state index is -0.0364. The monoisotopic (exact) mass is 332 g/mol. The molecule has 3 nitrogen and oxygen atoms in total. The highest BCUT2D eigenvalue weighted by Gasteiger charge is 2.13. The Morgan fingerprint density at radius 1 is 1.25 bits per heavy atom. The minimum absolute atomic E-state index is 0.0364. The molecule has 0 radical (unpaired) electrons. The van der Waals surface area contributed by atoms with Gasteiger partial charge in [-0.3, -0.25) is 4.79 Å². The molecular weight excluding hydrogens is 316 g/mol. The number of anilines is 1. The molecule has 104 valence electrons. The van der Waals surface area contributed by atoms with Crippen LogP contribution in [0.25, 0.3) is 0 Å². The summed E-state index contributed by atoms with van der Waals surface area (Å²) < 4.78 is 0.801. The Morgan fingerprint density at radius 2 is 2.00 bits per heavy atom. The third-order valence-electron chi connectivity index (χ3n) is 3.09. The van der Waals surface area contributed by atoms with E-state index < -0.39 is 0 Å². The zero-order chi connectivity index (χ0) is 14.7. The topological polar surface area (TPSA) is 46.3 Å². The van der Waals surface area contributed by atoms with Gasteiger partial charge >= 0.3 is 0 Å². The number of benzene rings is 2. The summed E-state index contributed by atoms with van der Waals surface area (Å²) in [6.45, 7) is 2.62. The molecule has 2 N–H and O–H groups in total. The quantitative estimate of drug-likeness (QED) is 0.872. The summed E-state index contributed by atoms with van der Waals surface area (Å²) in [6, 6.07) is 13.4. The SMILES string of the molecule is Cc1cccc(CN(C)C(=O)c2ccc(Br)c(N)c2)c1. The Bertz CT molecular complexity index is 640. The maximum atomic E-state index is 12.4. The summed E-state index contributed by atoms with van der Waals surface area (Å²) >= 11 is 3.33. The molecule has 0 aliphatic carbocycles. The van der Waals surface area contributed by atoms with Crippen molar-refractivity contribution in [2.24, 2.45) is 0 Å². The lowest BCUT2D eigenvalue weighted by Crippen LogP contribution is -2.26. The maximum Gasteiger partial charge on any atom is 0.253 e. The molecule has 2 aromatic carbocycles. The van der Waals surface area contributed by atoms with Crippen molar-refractivity contribution < 1.29 is 4.79 Å². The van der Waals surface area contributed by atoms with Crippen molar-refractivity contribution in [3.63, 3.8) is 0 Å². The molecule has 4 heteroatoms. The molecule has 0 bridgehead atoms. The molecule has 0 saturated carbocycles. The van der Waals surface area contributed by atoms with Crippen LogP contribution in [0.2, 0.25) is 0 Å². The summed E-state index contributed by atoms with van der Waals surface area (Å²) in [5.74, 6) is -0.0364. The number of nitrogens with zero attached hydrogens (tertiary/aromatic N) is 1. The molecular formula is C16H17BrN2O. The molecule has 0 aromatic heterocycles. The number of nitrogens with two attached hydrogens (primary N) is 1. The number of amides is 1. The fourth-order valence-electron chi connectivity index (χ4n) is 2.05. The lowest BCUT2D eigenvalue weighted by atomic mass is 10.1. The second-order valence-electron chi connectivity index (χ2n) is 4.89. The first-order valence-electron chi connectivity index (χ1n) is 6.33. The first-order chi connectivity index (χ1) is 9.47. The molecule has 2 rings (SSSR count). The van der Waals surface area contributed by atoms with E-state index in [4.69, 9.17) is 5.73 Å². The van der Waals surface area contributed by atoms with Crippen LogP contribution in [-0.2, 0) is 6.54 Å². The predicted octanol–water partition coefficient (Wildman–Crippen LogP) is 3.61. The van der Waals surface area contributed by atoms with Crippen molar-refractivity contribution in [2.75, 3.05) is 12.8 Å². The third-order valence-corrected chi connectivity index (χ3v) is 3.81. The van der Waals surface area contributed by atoms with Gasteiger partial charge in [-0.1, -0.05) is 29.8 Å². The van der Waals surface area contributed by atoms with Crippen LogP contribution < -0.4 is 5.73 Å². The molecule has 0 aliphatic heterocycles. The number of nitrogen functional groups attached to an aromatic ring is 1. The van der Waals surface area contributed by atoms with E-state index in [0.29, 0.717) is 17.8 Å². The van der Waals surface area contributed by atoms with Gasteiger partial charge < -0.3 is 10.6 Å². The Kier molecular flexibility index (Phi) is 4.45.